The maximum absolute atomic E-state index is 11.4. The van der Waals surface area contributed by atoms with E-state index < -0.39 is 0 Å². The lowest BCUT2D eigenvalue weighted by atomic mass is 10.1. The van der Waals surface area contributed by atoms with Crippen LogP contribution in [0, 0.1) is 0 Å². The van der Waals surface area contributed by atoms with Crippen LogP contribution in [-0.4, -0.2) is 42.2 Å². The maximum Gasteiger partial charge on any atom is 0.409 e. The number of hydrogen-bond acceptors (Lipinski definition) is 3. The predicted molar refractivity (Wildman–Crippen MR) is 59.7 cm³/mol. The molecule has 82 valence electrons. The van der Waals surface area contributed by atoms with Crippen LogP contribution in [-0.2, 0) is 4.74 Å². The molecule has 1 fully saturated rings. The molecule has 0 aromatic rings. The molecule has 1 rings (SSSR count). The summed E-state index contributed by atoms with van der Waals surface area (Å²) in [4.78, 5) is 13.3. The van der Waals surface area contributed by atoms with Crippen LogP contribution >= 0.6 is 11.8 Å². The van der Waals surface area contributed by atoms with E-state index in [9.17, 15) is 4.79 Å². The zero-order valence-corrected chi connectivity index (χ0v) is 9.81. The summed E-state index contributed by atoms with van der Waals surface area (Å²) in [5.74, 6) is 0. The molecule has 0 spiro atoms. The molecule has 0 radical (unpaired) electrons. The third-order valence-corrected chi connectivity index (χ3v) is 3.60. The van der Waals surface area contributed by atoms with Gasteiger partial charge in [-0.3, -0.25) is 0 Å². The van der Waals surface area contributed by atoms with Gasteiger partial charge in [-0.25, -0.2) is 4.79 Å². The van der Waals surface area contributed by atoms with Crippen molar-refractivity contribution in [2.24, 2.45) is 0 Å². The monoisotopic (exact) mass is 217 g/mol. The Bertz CT molecular complexity index is 179. The Labute approximate surface area is 90.2 Å². The van der Waals surface area contributed by atoms with Gasteiger partial charge in [0, 0.05) is 18.3 Å². The highest BCUT2D eigenvalue weighted by atomic mass is 32.2. The summed E-state index contributed by atoms with van der Waals surface area (Å²) in [6.07, 6.45) is 5.10. The standard InChI is InChI=1S/C10H19NO2S/c1-3-8-13-10(12)11-6-4-9(14-2)5-7-11/h9H,3-8H2,1-2H3. The van der Waals surface area contributed by atoms with Crippen molar-refractivity contribution in [3.05, 3.63) is 0 Å². The van der Waals surface area contributed by atoms with Gasteiger partial charge >= 0.3 is 6.09 Å². The summed E-state index contributed by atoms with van der Waals surface area (Å²) in [5, 5.41) is 0.727. The molecule has 3 nitrogen and oxygen atoms in total. The second-order valence-corrected chi connectivity index (χ2v) is 4.67. The largest absolute Gasteiger partial charge is 0.449 e. The average Bonchev–Trinajstić information content (AvgIpc) is 2.26. The fourth-order valence-electron chi connectivity index (χ4n) is 1.55. The molecule has 0 aromatic heterocycles. The number of thioether (sulfide) groups is 1. The molecule has 4 heteroatoms. The van der Waals surface area contributed by atoms with Crippen LogP contribution < -0.4 is 0 Å². The lowest BCUT2D eigenvalue weighted by Crippen LogP contribution is -2.39. The minimum absolute atomic E-state index is 0.133. The highest BCUT2D eigenvalue weighted by molar-refractivity contribution is 7.99. The van der Waals surface area contributed by atoms with Gasteiger partial charge in [-0.15, -0.1) is 0 Å². The van der Waals surface area contributed by atoms with Crippen molar-refractivity contribution < 1.29 is 9.53 Å². The second kappa shape index (κ2) is 6.17. The number of hydrogen-bond donors (Lipinski definition) is 0. The zero-order valence-electron chi connectivity index (χ0n) is 8.99. The number of nitrogens with zero attached hydrogens (tertiary/aromatic N) is 1. The molecule has 0 unspecified atom stereocenters. The Morgan fingerprint density at radius 3 is 2.64 bits per heavy atom. The molecule has 0 atom stereocenters. The normalized spacial score (nSPS) is 18.3. The van der Waals surface area contributed by atoms with Crippen LogP contribution in [0.4, 0.5) is 4.79 Å². The van der Waals surface area contributed by atoms with Gasteiger partial charge in [-0.05, 0) is 25.5 Å². The molecule has 0 aromatic carbocycles. The number of carbonyl (C=O) groups is 1. The summed E-state index contributed by atoms with van der Waals surface area (Å²) in [6, 6.07) is 0. The first kappa shape index (κ1) is 11.7. The molecule has 0 N–H and O–H groups in total. The number of ether oxygens (including phenoxy) is 1. The summed E-state index contributed by atoms with van der Waals surface area (Å²) in [6.45, 7) is 4.26. The van der Waals surface area contributed by atoms with Gasteiger partial charge in [-0.1, -0.05) is 6.92 Å². The number of amides is 1. The molecule has 0 saturated carbocycles. The van der Waals surface area contributed by atoms with Gasteiger partial charge in [0.25, 0.3) is 0 Å². The third-order valence-electron chi connectivity index (χ3n) is 2.46. The fraction of sp³-hybridized carbons (Fsp3) is 0.900. The van der Waals surface area contributed by atoms with E-state index in [0.29, 0.717) is 6.61 Å². The van der Waals surface area contributed by atoms with Crippen LogP contribution in [0.5, 0.6) is 0 Å². The first-order chi connectivity index (χ1) is 6.77. The van der Waals surface area contributed by atoms with E-state index in [1.54, 1.807) is 0 Å². The highest BCUT2D eigenvalue weighted by Gasteiger charge is 2.22. The van der Waals surface area contributed by atoms with Crippen LogP contribution in [0.3, 0.4) is 0 Å². The maximum atomic E-state index is 11.4. The molecule has 1 saturated heterocycles. The molecule has 1 amide bonds. The molecular formula is C10H19NO2S. The van der Waals surface area contributed by atoms with E-state index in [-0.39, 0.29) is 6.09 Å². The van der Waals surface area contributed by atoms with Crippen molar-refractivity contribution in [1.29, 1.82) is 0 Å². The minimum Gasteiger partial charge on any atom is -0.449 e. The Morgan fingerprint density at radius 1 is 1.50 bits per heavy atom. The Balaban J connectivity index is 2.23. The smallest absolute Gasteiger partial charge is 0.409 e. The van der Waals surface area contributed by atoms with Crippen LogP contribution in [0.2, 0.25) is 0 Å². The van der Waals surface area contributed by atoms with Crippen LogP contribution in [0.25, 0.3) is 0 Å². The van der Waals surface area contributed by atoms with E-state index >= 15 is 0 Å². The van der Waals surface area contributed by atoms with Crippen molar-refractivity contribution in [3.8, 4) is 0 Å². The summed E-state index contributed by atoms with van der Waals surface area (Å²) < 4.78 is 5.08. The minimum atomic E-state index is -0.133. The van der Waals surface area contributed by atoms with E-state index in [1.165, 1.54) is 0 Å². The number of carbonyl (C=O) groups excluding carboxylic acids is 1. The zero-order chi connectivity index (χ0) is 10.4. The quantitative estimate of drug-likeness (QED) is 0.727. The van der Waals surface area contributed by atoms with Gasteiger partial charge in [0.05, 0.1) is 6.61 Å². The summed E-state index contributed by atoms with van der Waals surface area (Å²) in [7, 11) is 0. The lowest BCUT2D eigenvalue weighted by Gasteiger charge is -2.30. The van der Waals surface area contributed by atoms with E-state index in [2.05, 4.69) is 6.26 Å². The Hall–Kier alpha value is -0.380. The van der Waals surface area contributed by atoms with E-state index in [0.717, 1.165) is 37.6 Å². The van der Waals surface area contributed by atoms with E-state index in [1.807, 2.05) is 23.6 Å². The Kier molecular flexibility index (Phi) is 5.15. The highest BCUT2D eigenvalue weighted by Crippen LogP contribution is 2.21. The first-order valence-corrected chi connectivity index (χ1v) is 6.51. The van der Waals surface area contributed by atoms with Gasteiger partial charge in [-0.2, -0.15) is 11.8 Å². The topological polar surface area (TPSA) is 29.5 Å². The first-order valence-electron chi connectivity index (χ1n) is 5.22. The van der Waals surface area contributed by atoms with Gasteiger partial charge in [0.1, 0.15) is 0 Å². The third kappa shape index (κ3) is 3.40. The lowest BCUT2D eigenvalue weighted by molar-refractivity contribution is 0.0960. The number of piperidine rings is 1. The molecule has 1 heterocycles. The van der Waals surface area contributed by atoms with Gasteiger partial charge < -0.3 is 9.64 Å². The number of rotatable bonds is 3. The van der Waals surface area contributed by atoms with Gasteiger partial charge in [0.15, 0.2) is 0 Å². The summed E-state index contributed by atoms with van der Waals surface area (Å²) >= 11 is 1.90. The molecule has 14 heavy (non-hydrogen) atoms. The van der Waals surface area contributed by atoms with Crippen molar-refractivity contribution in [3.63, 3.8) is 0 Å². The molecule has 1 aliphatic heterocycles. The fourth-order valence-corrected chi connectivity index (χ4v) is 2.24. The van der Waals surface area contributed by atoms with Crippen molar-refractivity contribution in [2.45, 2.75) is 31.4 Å². The van der Waals surface area contributed by atoms with E-state index in [4.69, 9.17) is 4.74 Å². The van der Waals surface area contributed by atoms with Crippen molar-refractivity contribution in [2.75, 3.05) is 26.0 Å². The van der Waals surface area contributed by atoms with Crippen LogP contribution in [0.1, 0.15) is 26.2 Å². The predicted octanol–water partition coefficient (Wildman–Crippen LogP) is 2.36. The van der Waals surface area contributed by atoms with Gasteiger partial charge in [0.2, 0.25) is 0 Å². The second-order valence-electron chi connectivity index (χ2n) is 3.54. The van der Waals surface area contributed by atoms with Crippen molar-refractivity contribution >= 4 is 17.9 Å². The van der Waals surface area contributed by atoms with Crippen LogP contribution in [0.15, 0.2) is 0 Å². The SMILES string of the molecule is CCCOC(=O)N1CCC(SC)CC1. The molecule has 0 aliphatic carbocycles. The molecule has 0 bridgehead atoms. The molecular weight excluding hydrogens is 198 g/mol. The Morgan fingerprint density at radius 2 is 2.14 bits per heavy atom. The molecule has 1 aliphatic rings. The number of likely N-dealkylation sites (tertiary alicyclic amines) is 1. The average molecular weight is 217 g/mol. The van der Waals surface area contributed by atoms with Crippen molar-refractivity contribution in [1.82, 2.24) is 4.90 Å². The summed E-state index contributed by atoms with van der Waals surface area (Å²) in [5.41, 5.74) is 0.